The molecule has 0 saturated carbocycles. The summed E-state index contributed by atoms with van der Waals surface area (Å²) in [6, 6.07) is 4.13. The van der Waals surface area contributed by atoms with Gasteiger partial charge >= 0.3 is 12.0 Å². The van der Waals surface area contributed by atoms with Crippen molar-refractivity contribution in [3.05, 3.63) is 23.8 Å². The van der Waals surface area contributed by atoms with Crippen LogP contribution in [-0.2, 0) is 14.3 Å². The molecule has 1 rings (SSSR count). The van der Waals surface area contributed by atoms with Crippen molar-refractivity contribution in [3.8, 4) is 11.5 Å². The van der Waals surface area contributed by atoms with E-state index in [1.807, 2.05) is 0 Å². The molecule has 0 aromatic heterocycles. The average molecular weight is 353 g/mol. The van der Waals surface area contributed by atoms with E-state index < -0.39 is 24.5 Å². The van der Waals surface area contributed by atoms with Gasteiger partial charge in [-0.25, -0.2) is 4.79 Å². The second kappa shape index (κ2) is 10.0. The van der Waals surface area contributed by atoms with E-state index in [0.717, 1.165) is 5.56 Å². The molecule has 25 heavy (non-hydrogen) atoms. The maximum absolute atomic E-state index is 11.9. The molecule has 138 valence electrons. The van der Waals surface area contributed by atoms with Crippen LogP contribution < -0.4 is 25.8 Å². The summed E-state index contributed by atoms with van der Waals surface area (Å²) in [4.78, 5) is 33.8. The maximum atomic E-state index is 11.9. The number of hydrogen-bond acceptors (Lipinski definition) is 6. The third-order valence-corrected chi connectivity index (χ3v) is 3.27. The van der Waals surface area contributed by atoms with Gasteiger partial charge in [0.2, 0.25) is 0 Å². The van der Waals surface area contributed by atoms with E-state index >= 15 is 0 Å². The van der Waals surface area contributed by atoms with E-state index in [1.54, 1.807) is 32.2 Å². The van der Waals surface area contributed by atoms with Gasteiger partial charge in [-0.3, -0.25) is 9.59 Å². The fourth-order valence-corrected chi connectivity index (χ4v) is 2.04. The summed E-state index contributed by atoms with van der Waals surface area (Å²) in [7, 11) is 3.07. The van der Waals surface area contributed by atoms with Gasteiger partial charge in [0.15, 0.2) is 6.61 Å². The number of rotatable bonds is 9. The number of urea groups is 1. The Kier molecular flexibility index (Phi) is 8.04. The first-order valence-corrected chi connectivity index (χ1v) is 7.57. The Labute approximate surface area is 145 Å². The largest absolute Gasteiger partial charge is 0.497 e. The van der Waals surface area contributed by atoms with E-state index in [-0.39, 0.29) is 19.0 Å². The van der Waals surface area contributed by atoms with Crippen LogP contribution in [0.2, 0.25) is 0 Å². The molecule has 0 bridgehead atoms. The zero-order chi connectivity index (χ0) is 18.8. The molecule has 0 unspecified atom stereocenters. The highest BCUT2D eigenvalue weighted by Crippen LogP contribution is 2.29. The van der Waals surface area contributed by atoms with Crippen molar-refractivity contribution in [1.29, 1.82) is 0 Å². The molecule has 0 saturated heterocycles. The number of ether oxygens (including phenoxy) is 3. The Morgan fingerprint density at radius 2 is 1.92 bits per heavy atom. The second-order valence-electron chi connectivity index (χ2n) is 5.10. The minimum Gasteiger partial charge on any atom is -0.497 e. The molecule has 1 atom stereocenters. The van der Waals surface area contributed by atoms with Gasteiger partial charge in [0, 0.05) is 12.1 Å². The molecule has 0 fully saturated rings. The van der Waals surface area contributed by atoms with Crippen molar-refractivity contribution >= 4 is 17.9 Å². The van der Waals surface area contributed by atoms with Gasteiger partial charge in [-0.2, -0.15) is 0 Å². The summed E-state index contributed by atoms with van der Waals surface area (Å²) in [5.41, 5.74) is 5.60. The number of carbonyl (C=O) groups excluding carboxylic acids is 3. The lowest BCUT2D eigenvalue weighted by atomic mass is 10.1. The van der Waals surface area contributed by atoms with Crippen LogP contribution in [0.5, 0.6) is 11.5 Å². The minimum absolute atomic E-state index is 0.0488. The molecule has 4 N–H and O–H groups in total. The zero-order valence-electron chi connectivity index (χ0n) is 14.5. The van der Waals surface area contributed by atoms with Gasteiger partial charge in [-0.05, 0) is 25.1 Å². The van der Waals surface area contributed by atoms with Crippen LogP contribution in [0.4, 0.5) is 4.79 Å². The molecule has 0 heterocycles. The first-order valence-electron chi connectivity index (χ1n) is 7.57. The number of esters is 1. The molecule has 1 aromatic rings. The third kappa shape index (κ3) is 6.98. The molecule has 3 amide bonds. The van der Waals surface area contributed by atoms with E-state index in [0.29, 0.717) is 11.5 Å². The summed E-state index contributed by atoms with van der Waals surface area (Å²) in [6.45, 7) is 1.40. The highest BCUT2D eigenvalue weighted by molar-refractivity contribution is 5.81. The highest BCUT2D eigenvalue weighted by Gasteiger charge is 2.16. The standard InChI is InChI=1S/C16H23N3O6/c1-10(12-8-11(23-2)4-5-13(12)24-3)19-14(20)9-25-15(21)6-7-18-16(17)22/h4-5,8,10H,6-7,9H2,1-3H3,(H,19,20)(H3,17,18,22)/t10-/m1/s1. The van der Waals surface area contributed by atoms with Crippen molar-refractivity contribution in [2.45, 2.75) is 19.4 Å². The van der Waals surface area contributed by atoms with Crippen LogP contribution in [0.15, 0.2) is 18.2 Å². The number of methoxy groups -OCH3 is 2. The summed E-state index contributed by atoms with van der Waals surface area (Å²) in [6.07, 6.45) is -0.0739. The second-order valence-corrected chi connectivity index (χ2v) is 5.10. The van der Waals surface area contributed by atoms with E-state index in [2.05, 4.69) is 10.6 Å². The maximum Gasteiger partial charge on any atom is 0.312 e. The van der Waals surface area contributed by atoms with Gasteiger partial charge < -0.3 is 30.6 Å². The van der Waals surface area contributed by atoms with E-state index in [1.165, 1.54) is 7.11 Å². The lowest BCUT2D eigenvalue weighted by Gasteiger charge is -2.18. The summed E-state index contributed by atoms with van der Waals surface area (Å²) < 4.78 is 15.3. The first kappa shape index (κ1) is 20.1. The number of carbonyl (C=O) groups is 3. The minimum atomic E-state index is -0.730. The van der Waals surface area contributed by atoms with Gasteiger partial charge in [0.05, 0.1) is 26.7 Å². The number of primary amides is 1. The normalized spacial score (nSPS) is 11.2. The lowest BCUT2D eigenvalue weighted by molar-refractivity contribution is -0.148. The Morgan fingerprint density at radius 1 is 1.20 bits per heavy atom. The molecule has 0 aliphatic rings. The quantitative estimate of drug-likeness (QED) is 0.554. The van der Waals surface area contributed by atoms with Crippen molar-refractivity contribution in [2.75, 3.05) is 27.4 Å². The third-order valence-electron chi connectivity index (χ3n) is 3.27. The number of amides is 3. The lowest BCUT2D eigenvalue weighted by Crippen LogP contribution is -2.33. The van der Waals surface area contributed by atoms with Crippen molar-refractivity contribution in [3.63, 3.8) is 0 Å². The topological polar surface area (TPSA) is 129 Å². The predicted octanol–water partition coefficient (Wildman–Crippen LogP) is 0.483. The van der Waals surface area contributed by atoms with E-state index in [9.17, 15) is 14.4 Å². The Hall–Kier alpha value is -2.97. The van der Waals surface area contributed by atoms with Crippen LogP contribution in [-0.4, -0.2) is 45.3 Å². The first-order chi connectivity index (χ1) is 11.9. The number of benzene rings is 1. The van der Waals surface area contributed by atoms with E-state index in [4.69, 9.17) is 19.9 Å². The fraction of sp³-hybridized carbons (Fsp3) is 0.438. The summed E-state index contributed by atoms with van der Waals surface area (Å²) >= 11 is 0. The molecule has 9 nitrogen and oxygen atoms in total. The van der Waals surface area contributed by atoms with Crippen LogP contribution in [0.1, 0.15) is 24.9 Å². The van der Waals surface area contributed by atoms with Crippen molar-refractivity contribution < 1.29 is 28.6 Å². The van der Waals surface area contributed by atoms with Crippen LogP contribution in [0, 0.1) is 0 Å². The molecule has 9 heteroatoms. The van der Waals surface area contributed by atoms with Crippen LogP contribution >= 0.6 is 0 Å². The van der Waals surface area contributed by atoms with Crippen LogP contribution in [0.3, 0.4) is 0 Å². The molecule has 1 aromatic carbocycles. The van der Waals surface area contributed by atoms with Gasteiger partial charge in [0.25, 0.3) is 5.91 Å². The smallest absolute Gasteiger partial charge is 0.312 e. The molecule has 0 spiro atoms. The van der Waals surface area contributed by atoms with Gasteiger partial charge in [-0.15, -0.1) is 0 Å². The molecular weight excluding hydrogens is 330 g/mol. The van der Waals surface area contributed by atoms with Gasteiger partial charge in [0.1, 0.15) is 11.5 Å². The fourth-order valence-electron chi connectivity index (χ4n) is 2.04. The van der Waals surface area contributed by atoms with Crippen molar-refractivity contribution in [1.82, 2.24) is 10.6 Å². The molecule has 0 aliphatic heterocycles. The van der Waals surface area contributed by atoms with Crippen LogP contribution in [0.25, 0.3) is 0 Å². The Balaban J connectivity index is 2.51. The molecule has 0 aliphatic carbocycles. The highest BCUT2D eigenvalue weighted by atomic mass is 16.5. The monoisotopic (exact) mass is 353 g/mol. The molecule has 0 radical (unpaired) electrons. The number of hydrogen-bond donors (Lipinski definition) is 3. The summed E-state index contributed by atoms with van der Waals surface area (Å²) in [5.74, 6) is 0.150. The Bertz CT molecular complexity index is 620. The number of nitrogens with two attached hydrogens (primary N) is 1. The van der Waals surface area contributed by atoms with Crippen molar-refractivity contribution in [2.24, 2.45) is 5.73 Å². The molecular formula is C16H23N3O6. The number of nitrogens with one attached hydrogen (secondary N) is 2. The summed E-state index contributed by atoms with van der Waals surface area (Å²) in [5, 5.41) is 4.96. The SMILES string of the molecule is COc1ccc(OC)c([C@@H](C)NC(=O)COC(=O)CCNC(N)=O)c1. The average Bonchev–Trinajstić information content (AvgIpc) is 2.58. The zero-order valence-corrected chi connectivity index (χ0v) is 14.5. The van der Waals surface area contributed by atoms with Gasteiger partial charge in [-0.1, -0.05) is 0 Å². The predicted molar refractivity (Wildman–Crippen MR) is 89.3 cm³/mol. The Morgan fingerprint density at radius 3 is 2.52 bits per heavy atom.